The predicted octanol–water partition coefficient (Wildman–Crippen LogP) is 3.71. The molecule has 0 rings (SSSR count). The lowest BCUT2D eigenvalue weighted by molar-refractivity contribution is 1.33. The second kappa shape index (κ2) is 6.01. The van der Waals surface area contributed by atoms with Gasteiger partial charge in [0.25, 0.3) is 0 Å². The first-order valence-corrected chi connectivity index (χ1v) is 4.98. The Labute approximate surface area is 77.9 Å². The molecule has 0 aliphatic carbocycles. The van der Waals surface area contributed by atoms with Crippen LogP contribution in [-0.2, 0) is 0 Å². The SMILES string of the molecule is C=N/C(C)=C\C(Br)=C/SCl. The Balaban J connectivity index is 4.11. The third-order valence-electron chi connectivity index (χ3n) is 0.753. The molecule has 0 amide bonds. The zero-order valence-corrected chi connectivity index (χ0v) is 8.63. The maximum absolute atomic E-state index is 5.36. The number of aliphatic imine (C=N–C) groups is 1. The second-order valence-corrected chi connectivity index (χ2v) is 3.40. The zero-order chi connectivity index (χ0) is 7.98. The summed E-state index contributed by atoms with van der Waals surface area (Å²) in [6.07, 6.45) is 1.84. The molecule has 0 aliphatic rings. The van der Waals surface area contributed by atoms with Gasteiger partial charge in [-0.15, -0.1) is 0 Å². The summed E-state index contributed by atoms with van der Waals surface area (Å²) in [5.41, 5.74) is 0.855. The molecule has 0 radical (unpaired) electrons. The van der Waals surface area contributed by atoms with Crippen LogP contribution in [0.4, 0.5) is 0 Å². The maximum atomic E-state index is 5.36. The van der Waals surface area contributed by atoms with Gasteiger partial charge in [0, 0.05) is 15.6 Å². The molecule has 0 unspecified atom stereocenters. The van der Waals surface area contributed by atoms with Crippen LogP contribution in [0.2, 0.25) is 0 Å². The Morgan fingerprint density at radius 1 is 1.80 bits per heavy atom. The summed E-state index contributed by atoms with van der Waals surface area (Å²) in [5, 5.41) is 1.76. The van der Waals surface area contributed by atoms with Gasteiger partial charge < -0.3 is 0 Å². The quantitative estimate of drug-likeness (QED) is 0.541. The Morgan fingerprint density at radius 3 is 2.80 bits per heavy atom. The van der Waals surface area contributed by atoms with E-state index < -0.39 is 0 Å². The van der Waals surface area contributed by atoms with Crippen LogP contribution in [0.1, 0.15) is 6.92 Å². The monoisotopic (exact) mass is 239 g/mol. The number of hydrogen-bond acceptors (Lipinski definition) is 2. The summed E-state index contributed by atoms with van der Waals surface area (Å²) in [4.78, 5) is 3.70. The van der Waals surface area contributed by atoms with Crippen LogP contribution in [0.5, 0.6) is 0 Å². The van der Waals surface area contributed by atoms with Crippen LogP contribution in [0.25, 0.3) is 0 Å². The van der Waals surface area contributed by atoms with Gasteiger partial charge in [-0.2, -0.15) is 0 Å². The fourth-order valence-electron chi connectivity index (χ4n) is 0.322. The number of allylic oxidation sites excluding steroid dienone is 3. The van der Waals surface area contributed by atoms with Gasteiger partial charge >= 0.3 is 0 Å². The van der Waals surface area contributed by atoms with E-state index in [2.05, 4.69) is 27.6 Å². The Morgan fingerprint density at radius 2 is 2.40 bits per heavy atom. The van der Waals surface area contributed by atoms with Crippen molar-refractivity contribution >= 4 is 44.3 Å². The Hall–Kier alpha value is 0.270. The van der Waals surface area contributed by atoms with Crippen molar-refractivity contribution in [1.29, 1.82) is 0 Å². The molecular formula is C6H7BrClNS. The lowest BCUT2D eigenvalue weighted by atomic mass is 10.4. The highest BCUT2D eigenvalue weighted by Gasteiger charge is 1.85. The summed E-state index contributed by atoms with van der Waals surface area (Å²) in [7, 11) is 6.48. The third-order valence-corrected chi connectivity index (χ3v) is 2.12. The third kappa shape index (κ3) is 5.09. The molecule has 4 heteroatoms. The van der Waals surface area contributed by atoms with E-state index in [0.29, 0.717) is 0 Å². The fourth-order valence-corrected chi connectivity index (χ4v) is 1.70. The largest absolute Gasteiger partial charge is 0.269 e. The van der Waals surface area contributed by atoms with E-state index in [1.807, 2.05) is 13.0 Å². The molecule has 10 heavy (non-hydrogen) atoms. The van der Waals surface area contributed by atoms with E-state index in [1.165, 1.54) is 0 Å². The van der Waals surface area contributed by atoms with Gasteiger partial charge in [0.2, 0.25) is 0 Å². The topological polar surface area (TPSA) is 12.4 Å². The molecule has 0 heterocycles. The molecule has 0 aliphatic heterocycles. The minimum atomic E-state index is 0.855. The average Bonchev–Trinajstić information content (AvgIpc) is 1.88. The second-order valence-electron chi connectivity index (χ2n) is 1.54. The van der Waals surface area contributed by atoms with Crippen LogP contribution in [0.15, 0.2) is 26.7 Å². The van der Waals surface area contributed by atoms with E-state index in [1.54, 1.807) is 5.41 Å². The molecule has 0 aromatic rings. The van der Waals surface area contributed by atoms with E-state index >= 15 is 0 Å². The zero-order valence-electron chi connectivity index (χ0n) is 5.47. The molecule has 0 N–H and O–H groups in total. The predicted molar refractivity (Wildman–Crippen MR) is 53.8 cm³/mol. The summed E-state index contributed by atoms with van der Waals surface area (Å²) >= 11 is 3.27. The van der Waals surface area contributed by atoms with Gasteiger partial charge in [0.15, 0.2) is 0 Å². The summed E-state index contributed by atoms with van der Waals surface area (Å²) in [5.74, 6) is 0. The highest BCUT2D eigenvalue weighted by Crippen LogP contribution is 2.18. The first kappa shape index (κ1) is 10.3. The van der Waals surface area contributed by atoms with Crippen LogP contribution in [-0.4, -0.2) is 6.72 Å². The van der Waals surface area contributed by atoms with E-state index in [0.717, 1.165) is 21.2 Å². The van der Waals surface area contributed by atoms with E-state index in [4.69, 9.17) is 10.7 Å². The summed E-state index contributed by atoms with van der Waals surface area (Å²) in [6, 6.07) is 0. The van der Waals surface area contributed by atoms with E-state index in [-0.39, 0.29) is 0 Å². The van der Waals surface area contributed by atoms with Crippen molar-refractivity contribution in [2.45, 2.75) is 6.92 Å². The van der Waals surface area contributed by atoms with Gasteiger partial charge in [-0.25, -0.2) is 0 Å². The molecule has 1 nitrogen and oxygen atoms in total. The van der Waals surface area contributed by atoms with Crippen LogP contribution >= 0.6 is 37.6 Å². The normalized spacial score (nSPS) is 13.5. The van der Waals surface area contributed by atoms with Gasteiger partial charge in [-0.05, 0) is 41.4 Å². The molecule has 0 aromatic carbocycles. The van der Waals surface area contributed by atoms with Gasteiger partial charge in [0.05, 0.1) is 0 Å². The van der Waals surface area contributed by atoms with Crippen molar-refractivity contribution < 1.29 is 0 Å². The number of rotatable bonds is 3. The van der Waals surface area contributed by atoms with Crippen LogP contribution < -0.4 is 0 Å². The minimum absolute atomic E-state index is 0.855. The Kier molecular flexibility index (Phi) is 6.17. The van der Waals surface area contributed by atoms with Crippen LogP contribution in [0, 0.1) is 0 Å². The molecule has 0 spiro atoms. The molecule has 0 bridgehead atoms. The number of hydrogen-bond donors (Lipinski definition) is 0. The van der Waals surface area contributed by atoms with Crippen molar-refractivity contribution in [2.24, 2.45) is 4.99 Å². The van der Waals surface area contributed by atoms with Crippen molar-refractivity contribution in [3.8, 4) is 0 Å². The van der Waals surface area contributed by atoms with Crippen molar-refractivity contribution in [3.63, 3.8) is 0 Å². The molecule has 0 saturated carbocycles. The summed E-state index contributed by atoms with van der Waals surface area (Å²) < 4.78 is 0.900. The first-order valence-electron chi connectivity index (χ1n) is 2.48. The lowest BCUT2D eigenvalue weighted by Crippen LogP contribution is -1.66. The standard InChI is InChI=1S/C6H7BrClNS/c1-5(9-2)3-6(7)4-10-8/h3-4H,2H2,1H3/b5-3-,6-4+. The lowest BCUT2D eigenvalue weighted by Gasteiger charge is -1.88. The molecule has 0 atom stereocenters. The molecule has 0 fully saturated rings. The van der Waals surface area contributed by atoms with E-state index in [9.17, 15) is 0 Å². The molecule has 0 aromatic heterocycles. The average molecular weight is 241 g/mol. The maximum Gasteiger partial charge on any atom is 0.0376 e. The Bertz CT molecular complexity index is 177. The molecule has 0 saturated heterocycles. The molecule has 56 valence electrons. The van der Waals surface area contributed by atoms with Crippen molar-refractivity contribution in [1.82, 2.24) is 0 Å². The van der Waals surface area contributed by atoms with Gasteiger partial charge in [-0.3, -0.25) is 4.99 Å². The van der Waals surface area contributed by atoms with Gasteiger partial charge in [0.1, 0.15) is 0 Å². The highest BCUT2D eigenvalue weighted by atomic mass is 79.9. The minimum Gasteiger partial charge on any atom is -0.269 e. The fraction of sp³-hybridized carbons (Fsp3) is 0.167. The summed E-state index contributed by atoms with van der Waals surface area (Å²) in [6.45, 7) is 5.23. The number of halogens is 2. The van der Waals surface area contributed by atoms with Crippen molar-refractivity contribution in [2.75, 3.05) is 0 Å². The van der Waals surface area contributed by atoms with Crippen LogP contribution in [0.3, 0.4) is 0 Å². The highest BCUT2D eigenvalue weighted by molar-refractivity contribution is 9.12. The van der Waals surface area contributed by atoms with Crippen molar-refractivity contribution in [3.05, 3.63) is 21.7 Å². The molecular weight excluding hydrogens is 233 g/mol. The number of nitrogens with zero attached hydrogens (tertiary/aromatic N) is 1. The smallest absolute Gasteiger partial charge is 0.0376 e. The van der Waals surface area contributed by atoms with Gasteiger partial charge in [-0.1, -0.05) is 15.9 Å². The first-order chi connectivity index (χ1) is 4.70.